The molecule has 0 atom stereocenters. The van der Waals surface area contributed by atoms with E-state index in [-0.39, 0.29) is 11.9 Å². The summed E-state index contributed by atoms with van der Waals surface area (Å²) in [6, 6.07) is 6.26. The summed E-state index contributed by atoms with van der Waals surface area (Å²) >= 11 is 5.13. The van der Waals surface area contributed by atoms with E-state index in [1.165, 1.54) is 4.88 Å². The summed E-state index contributed by atoms with van der Waals surface area (Å²) in [4.78, 5) is 20.4. The predicted molar refractivity (Wildman–Crippen MR) is 94.8 cm³/mol. The van der Waals surface area contributed by atoms with Gasteiger partial charge >= 0.3 is 0 Å². The highest BCUT2D eigenvalue weighted by Crippen LogP contribution is 2.20. The Morgan fingerprint density at radius 3 is 2.91 bits per heavy atom. The zero-order valence-electron chi connectivity index (χ0n) is 12.8. The summed E-state index contributed by atoms with van der Waals surface area (Å²) in [6.45, 7) is 2.19. The fraction of sp³-hybridized carbons (Fsp3) is 0.412. The second kappa shape index (κ2) is 8.04. The van der Waals surface area contributed by atoms with Crippen molar-refractivity contribution in [1.29, 1.82) is 0 Å². The Morgan fingerprint density at radius 2 is 2.22 bits per heavy atom. The molecule has 1 saturated heterocycles. The van der Waals surface area contributed by atoms with Gasteiger partial charge in [-0.1, -0.05) is 6.07 Å². The van der Waals surface area contributed by atoms with Crippen LogP contribution in [-0.4, -0.2) is 41.6 Å². The van der Waals surface area contributed by atoms with Crippen molar-refractivity contribution in [2.75, 3.05) is 19.8 Å². The number of nitrogens with zero attached hydrogens (tertiary/aromatic N) is 2. The lowest BCUT2D eigenvalue weighted by Gasteiger charge is -2.34. The van der Waals surface area contributed by atoms with Gasteiger partial charge in [-0.25, -0.2) is 0 Å². The van der Waals surface area contributed by atoms with E-state index in [1.807, 2.05) is 11.0 Å². The van der Waals surface area contributed by atoms with Gasteiger partial charge in [0.25, 0.3) is 5.91 Å². The van der Waals surface area contributed by atoms with Gasteiger partial charge < -0.3 is 9.64 Å². The molecule has 0 unspecified atom stereocenters. The number of carbonyl (C=O) groups excluding carboxylic acids is 1. The molecule has 0 radical (unpaired) electrons. The summed E-state index contributed by atoms with van der Waals surface area (Å²) in [5.41, 5.74) is 0.636. The van der Waals surface area contributed by atoms with E-state index < -0.39 is 0 Å². The molecule has 0 N–H and O–H groups in total. The number of amides is 1. The normalized spacial score (nSPS) is 15.5. The largest absolute Gasteiger partial charge is 0.381 e. The highest BCUT2D eigenvalue weighted by molar-refractivity contribution is 9.10. The van der Waals surface area contributed by atoms with Crippen LogP contribution in [0, 0.1) is 0 Å². The molecule has 2 aromatic rings. The van der Waals surface area contributed by atoms with E-state index in [1.54, 1.807) is 23.7 Å². The van der Waals surface area contributed by atoms with E-state index in [0.717, 1.165) is 43.5 Å². The lowest BCUT2D eigenvalue weighted by atomic mass is 10.1. The van der Waals surface area contributed by atoms with Gasteiger partial charge in [0.2, 0.25) is 0 Å². The molecule has 1 aliphatic heterocycles. The minimum Gasteiger partial charge on any atom is -0.381 e. The van der Waals surface area contributed by atoms with E-state index >= 15 is 0 Å². The molecule has 122 valence electrons. The first-order valence-electron chi connectivity index (χ1n) is 7.75. The molecule has 23 heavy (non-hydrogen) atoms. The Labute approximate surface area is 148 Å². The second-order valence-electron chi connectivity index (χ2n) is 5.56. The monoisotopic (exact) mass is 394 g/mol. The fourth-order valence-electron chi connectivity index (χ4n) is 2.83. The zero-order chi connectivity index (χ0) is 16.1. The first-order valence-corrected chi connectivity index (χ1v) is 9.43. The number of ether oxygens (including phenoxy) is 1. The highest BCUT2D eigenvalue weighted by atomic mass is 79.9. The average molecular weight is 395 g/mol. The first-order chi connectivity index (χ1) is 11.2. The molecule has 6 heteroatoms. The van der Waals surface area contributed by atoms with E-state index in [4.69, 9.17) is 4.74 Å². The smallest absolute Gasteiger partial charge is 0.255 e. The van der Waals surface area contributed by atoms with Crippen LogP contribution < -0.4 is 0 Å². The van der Waals surface area contributed by atoms with Crippen LogP contribution in [0.1, 0.15) is 28.1 Å². The third-order valence-corrected chi connectivity index (χ3v) is 5.39. The molecule has 0 aliphatic carbocycles. The summed E-state index contributed by atoms with van der Waals surface area (Å²) in [6.07, 6.45) is 6.03. The minimum absolute atomic E-state index is 0.0576. The van der Waals surface area contributed by atoms with Crippen LogP contribution in [-0.2, 0) is 11.2 Å². The molecule has 3 rings (SSSR count). The van der Waals surface area contributed by atoms with Gasteiger partial charge in [0, 0.05) is 47.5 Å². The van der Waals surface area contributed by atoms with Gasteiger partial charge in [-0.2, -0.15) is 0 Å². The number of pyridine rings is 1. The van der Waals surface area contributed by atoms with E-state index in [2.05, 4.69) is 38.4 Å². The quantitative estimate of drug-likeness (QED) is 0.774. The molecule has 3 heterocycles. The zero-order valence-corrected chi connectivity index (χ0v) is 15.2. The molecule has 4 nitrogen and oxygen atoms in total. The molecular weight excluding hydrogens is 376 g/mol. The molecule has 1 aliphatic rings. The highest BCUT2D eigenvalue weighted by Gasteiger charge is 2.26. The summed E-state index contributed by atoms with van der Waals surface area (Å²) in [5.74, 6) is 0.0576. The molecule has 0 saturated carbocycles. The molecular formula is C17H19BrN2O2S. The third-order valence-electron chi connectivity index (χ3n) is 4.02. The average Bonchev–Trinajstić information content (AvgIpc) is 3.09. The molecule has 1 fully saturated rings. The maximum absolute atomic E-state index is 13.0. The second-order valence-corrected chi connectivity index (χ2v) is 7.51. The standard InChI is InChI=1S/C17H19BrN2O2S/c18-14-10-13(11-19-12-14)17(21)20(15-4-7-22-8-5-15)6-3-16-2-1-9-23-16/h1-2,9-12,15H,3-8H2. The Bertz CT molecular complexity index is 642. The van der Waals surface area contributed by atoms with E-state index in [0.29, 0.717) is 5.56 Å². The van der Waals surface area contributed by atoms with Crippen molar-refractivity contribution in [2.24, 2.45) is 0 Å². The van der Waals surface area contributed by atoms with Crippen LogP contribution in [0.3, 0.4) is 0 Å². The van der Waals surface area contributed by atoms with E-state index in [9.17, 15) is 4.79 Å². The van der Waals surface area contributed by atoms with Crippen molar-refractivity contribution in [3.63, 3.8) is 0 Å². The SMILES string of the molecule is O=C(c1cncc(Br)c1)N(CCc1cccs1)C1CCOCC1. The van der Waals surface area contributed by atoms with Crippen LogP contribution in [0.15, 0.2) is 40.4 Å². The Hall–Kier alpha value is -1.24. The molecule has 1 amide bonds. The van der Waals surface area contributed by atoms with Gasteiger partial charge in [0.1, 0.15) is 0 Å². The Kier molecular flexibility index (Phi) is 5.80. The summed E-state index contributed by atoms with van der Waals surface area (Å²) in [7, 11) is 0. The molecule has 0 bridgehead atoms. The number of thiophene rings is 1. The van der Waals surface area contributed by atoms with Gasteiger partial charge in [0.15, 0.2) is 0 Å². The number of hydrogen-bond donors (Lipinski definition) is 0. The van der Waals surface area contributed by atoms with Crippen molar-refractivity contribution in [3.05, 3.63) is 50.9 Å². The first kappa shape index (κ1) is 16.6. The van der Waals surface area contributed by atoms with Crippen LogP contribution in [0.5, 0.6) is 0 Å². The number of rotatable bonds is 5. The fourth-order valence-corrected chi connectivity index (χ4v) is 3.89. The van der Waals surface area contributed by atoms with Gasteiger partial charge in [0.05, 0.1) is 5.56 Å². The van der Waals surface area contributed by atoms with Crippen LogP contribution in [0.25, 0.3) is 0 Å². The number of hydrogen-bond acceptors (Lipinski definition) is 4. The van der Waals surface area contributed by atoms with Gasteiger partial charge in [-0.05, 0) is 52.7 Å². The Morgan fingerprint density at radius 1 is 1.39 bits per heavy atom. The van der Waals surface area contributed by atoms with Crippen molar-refractivity contribution in [2.45, 2.75) is 25.3 Å². The van der Waals surface area contributed by atoms with Gasteiger partial charge in [-0.3, -0.25) is 9.78 Å². The topological polar surface area (TPSA) is 42.4 Å². The lowest BCUT2D eigenvalue weighted by Crippen LogP contribution is -2.44. The number of carbonyl (C=O) groups is 1. The molecule has 0 spiro atoms. The minimum atomic E-state index is 0.0576. The molecule has 2 aromatic heterocycles. The van der Waals surface area contributed by atoms with Gasteiger partial charge in [-0.15, -0.1) is 11.3 Å². The Balaban J connectivity index is 1.76. The molecule has 0 aromatic carbocycles. The van der Waals surface area contributed by atoms with Crippen molar-refractivity contribution < 1.29 is 9.53 Å². The van der Waals surface area contributed by atoms with Crippen molar-refractivity contribution in [3.8, 4) is 0 Å². The summed E-state index contributed by atoms with van der Waals surface area (Å²) < 4.78 is 6.28. The van der Waals surface area contributed by atoms with Crippen LogP contribution >= 0.6 is 27.3 Å². The maximum atomic E-state index is 13.0. The summed E-state index contributed by atoms with van der Waals surface area (Å²) in [5, 5.41) is 2.08. The van der Waals surface area contributed by atoms with Crippen LogP contribution in [0.4, 0.5) is 0 Å². The van der Waals surface area contributed by atoms with Crippen molar-refractivity contribution >= 4 is 33.2 Å². The van der Waals surface area contributed by atoms with Crippen molar-refractivity contribution in [1.82, 2.24) is 9.88 Å². The number of aromatic nitrogens is 1. The maximum Gasteiger partial charge on any atom is 0.255 e. The lowest BCUT2D eigenvalue weighted by molar-refractivity contribution is 0.0293. The number of halogens is 1. The van der Waals surface area contributed by atoms with Crippen LogP contribution in [0.2, 0.25) is 0 Å². The third kappa shape index (κ3) is 4.40. The predicted octanol–water partition coefficient (Wildman–Crippen LogP) is 3.77.